The number of carbonyl (C=O) groups is 1. The molecule has 1 amide bonds. The first-order valence-electron chi connectivity index (χ1n) is 9.54. The van der Waals surface area contributed by atoms with Crippen LogP contribution in [0.3, 0.4) is 0 Å². The molecule has 2 aliphatic rings. The summed E-state index contributed by atoms with van der Waals surface area (Å²) in [7, 11) is 0. The second kappa shape index (κ2) is 8.48. The first-order valence-corrected chi connectivity index (χ1v) is 9.54. The maximum Gasteiger partial charge on any atom is 0.217 e. The Morgan fingerprint density at radius 3 is 2.52 bits per heavy atom. The lowest BCUT2D eigenvalue weighted by Crippen LogP contribution is -2.54. The van der Waals surface area contributed by atoms with Crippen molar-refractivity contribution in [2.45, 2.75) is 109 Å². The molecule has 1 aliphatic heterocycles. The minimum atomic E-state index is -0.262. The van der Waals surface area contributed by atoms with Crippen LogP contribution in [0.2, 0.25) is 0 Å². The molecule has 4 atom stereocenters. The molecule has 0 radical (unpaired) electrons. The lowest BCUT2D eigenvalue weighted by molar-refractivity contribution is -0.129. The van der Waals surface area contributed by atoms with Crippen LogP contribution in [-0.2, 0) is 9.53 Å². The van der Waals surface area contributed by atoms with Crippen LogP contribution in [0, 0.1) is 5.92 Å². The molecule has 1 aliphatic carbocycles. The van der Waals surface area contributed by atoms with Crippen LogP contribution in [0.1, 0.15) is 85.0 Å². The van der Waals surface area contributed by atoms with Crippen LogP contribution in [0.25, 0.3) is 0 Å². The van der Waals surface area contributed by atoms with E-state index in [-0.39, 0.29) is 29.8 Å². The van der Waals surface area contributed by atoms with E-state index in [0.717, 1.165) is 38.5 Å². The largest absolute Gasteiger partial charge is 0.393 e. The van der Waals surface area contributed by atoms with Gasteiger partial charge in [0.05, 0.1) is 18.3 Å². The van der Waals surface area contributed by atoms with Crippen LogP contribution in [-0.4, -0.2) is 34.9 Å². The van der Waals surface area contributed by atoms with E-state index in [1.165, 1.54) is 19.3 Å². The highest BCUT2D eigenvalue weighted by molar-refractivity contribution is 5.73. The molecule has 1 saturated heterocycles. The van der Waals surface area contributed by atoms with Crippen molar-refractivity contribution in [1.82, 2.24) is 5.32 Å². The summed E-state index contributed by atoms with van der Waals surface area (Å²) in [4.78, 5) is 11.6. The maximum atomic E-state index is 11.6. The first-order chi connectivity index (χ1) is 10.9. The number of amides is 1. The fourth-order valence-electron chi connectivity index (χ4n) is 4.60. The Balaban J connectivity index is 1.96. The second-order valence-electron chi connectivity index (χ2n) is 8.02. The Hall–Kier alpha value is -0.610. The highest BCUT2D eigenvalue weighted by Gasteiger charge is 2.39. The van der Waals surface area contributed by atoms with Crippen LogP contribution in [0.15, 0.2) is 0 Å². The molecule has 0 bridgehead atoms. The van der Waals surface area contributed by atoms with Gasteiger partial charge in [-0.05, 0) is 51.4 Å². The van der Waals surface area contributed by atoms with Gasteiger partial charge in [-0.2, -0.15) is 0 Å². The molecular formula is C19H35NO3. The van der Waals surface area contributed by atoms with E-state index in [9.17, 15) is 9.90 Å². The molecule has 4 nitrogen and oxygen atoms in total. The highest BCUT2D eigenvalue weighted by atomic mass is 16.5. The molecule has 0 aromatic carbocycles. The van der Waals surface area contributed by atoms with Gasteiger partial charge in [0, 0.05) is 12.5 Å². The third-order valence-electron chi connectivity index (χ3n) is 5.53. The number of hydrogen-bond acceptors (Lipinski definition) is 3. The third kappa shape index (κ3) is 5.75. The summed E-state index contributed by atoms with van der Waals surface area (Å²) in [5.41, 5.74) is -0.207. The zero-order chi connectivity index (χ0) is 16.9. The van der Waals surface area contributed by atoms with Crippen molar-refractivity contribution in [2.75, 3.05) is 0 Å². The van der Waals surface area contributed by atoms with E-state index in [0.29, 0.717) is 12.3 Å². The molecular weight excluding hydrogens is 290 g/mol. The van der Waals surface area contributed by atoms with E-state index in [4.69, 9.17) is 4.74 Å². The Bertz CT molecular complexity index is 381. The van der Waals surface area contributed by atoms with Crippen molar-refractivity contribution in [3.05, 3.63) is 0 Å². The SMILES string of the molecule is CCC[C@H]1C[C@](C)(NC(C)=O)C[C@@H](C[C@@H](O)C2CCCCC2)O1. The third-order valence-corrected chi connectivity index (χ3v) is 5.53. The minimum absolute atomic E-state index is 0.0243. The molecule has 1 saturated carbocycles. The summed E-state index contributed by atoms with van der Waals surface area (Å²) >= 11 is 0. The Morgan fingerprint density at radius 2 is 1.91 bits per heavy atom. The molecule has 4 heteroatoms. The number of nitrogens with one attached hydrogen (secondary N) is 1. The molecule has 2 rings (SSSR count). The van der Waals surface area contributed by atoms with Gasteiger partial charge in [0.1, 0.15) is 0 Å². The van der Waals surface area contributed by atoms with Gasteiger partial charge in [0.25, 0.3) is 0 Å². The average molecular weight is 325 g/mol. The van der Waals surface area contributed by atoms with E-state index in [1.54, 1.807) is 6.92 Å². The van der Waals surface area contributed by atoms with E-state index < -0.39 is 0 Å². The predicted molar refractivity (Wildman–Crippen MR) is 92.2 cm³/mol. The summed E-state index contributed by atoms with van der Waals surface area (Å²) in [5.74, 6) is 0.460. The Kier molecular flexibility index (Phi) is 6.90. The lowest BCUT2D eigenvalue weighted by Gasteiger charge is -2.44. The van der Waals surface area contributed by atoms with Gasteiger partial charge in [-0.25, -0.2) is 0 Å². The number of carbonyl (C=O) groups excluding carboxylic acids is 1. The maximum absolute atomic E-state index is 11.6. The summed E-state index contributed by atoms with van der Waals surface area (Å²) in [6.45, 7) is 5.88. The van der Waals surface area contributed by atoms with Gasteiger partial charge in [0.15, 0.2) is 0 Å². The number of rotatable bonds is 6. The minimum Gasteiger partial charge on any atom is -0.393 e. The summed E-state index contributed by atoms with van der Waals surface area (Å²) < 4.78 is 6.25. The lowest BCUT2D eigenvalue weighted by atomic mass is 9.79. The van der Waals surface area contributed by atoms with Crippen molar-refractivity contribution >= 4 is 5.91 Å². The standard InChI is InChI=1S/C19H35NO3/c1-4-8-16-12-19(3,20-14(2)21)13-17(23-16)11-18(22)15-9-6-5-7-10-15/h15-18,22H,4-13H2,1-3H3,(H,20,21)/t16-,17+,18+,19-/m0/s1. The molecule has 23 heavy (non-hydrogen) atoms. The average Bonchev–Trinajstić information content (AvgIpc) is 2.46. The van der Waals surface area contributed by atoms with Gasteiger partial charge in [0.2, 0.25) is 5.91 Å². The zero-order valence-corrected chi connectivity index (χ0v) is 15.1. The van der Waals surface area contributed by atoms with Crippen LogP contribution < -0.4 is 5.32 Å². The summed E-state index contributed by atoms with van der Waals surface area (Å²) in [5, 5.41) is 13.8. The van der Waals surface area contributed by atoms with Gasteiger partial charge < -0.3 is 15.2 Å². The first kappa shape index (κ1) is 18.7. The molecule has 0 spiro atoms. The van der Waals surface area contributed by atoms with Crippen LogP contribution in [0.4, 0.5) is 0 Å². The fraction of sp³-hybridized carbons (Fsp3) is 0.947. The van der Waals surface area contributed by atoms with Gasteiger partial charge in [-0.3, -0.25) is 4.79 Å². The second-order valence-corrected chi connectivity index (χ2v) is 8.02. The van der Waals surface area contributed by atoms with Crippen molar-refractivity contribution < 1.29 is 14.6 Å². The van der Waals surface area contributed by atoms with E-state index >= 15 is 0 Å². The normalized spacial score (nSPS) is 34.1. The van der Waals surface area contributed by atoms with E-state index in [2.05, 4.69) is 19.2 Å². The molecule has 2 fully saturated rings. The molecule has 2 N–H and O–H groups in total. The number of aliphatic hydroxyl groups is 1. The predicted octanol–water partition coefficient (Wildman–Crippen LogP) is 3.56. The summed E-state index contributed by atoms with van der Waals surface area (Å²) in [6.07, 6.45) is 10.6. The van der Waals surface area contributed by atoms with Crippen molar-refractivity contribution in [3.8, 4) is 0 Å². The number of aliphatic hydroxyl groups excluding tert-OH is 1. The molecule has 1 heterocycles. The molecule has 0 aromatic rings. The highest BCUT2D eigenvalue weighted by Crippen LogP contribution is 2.35. The zero-order valence-electron chi connectivity index (χ0n) is 15.1. The van der Waals surface area contributed by atoms with E-state index in [1.807, 2.05) is 0 Å². The topological polar surface area (TPSA) is 58.6 Å². The van der Waals surface area contributed by atoms with Crippen molar-refractivity contribution in [1.29, 1.82) is 0 Å². The van der Waals surface area contributed by atoms with Crippen molar-refractivity contribution in [3.63, 3.8) is 0 Å². The smallest absolute Gasteiger partial charge is 0.217 e. The Labute approximate surface area is 141 Å². The number of ether oxygens (including phenoxy) is 1. The van der Waals surface area contributed by atoms with Crippen LogP contribution >= 0.6 is 0 Å². The molecule has 134 valence electrons. The molecule has 0 unspecified atom stereocenters. The van der Waals surface area contributed by atoms with Gasteiger partial charge >= 0.3 is 0 Å². The fourth-order valence-corrected chi connectivity index (χ4v) is 4.60. The van der Waals surface area contributed by atoms with Crippen molar-refractivity contribution in [2.24, 2.45) is 5.92 Å². The van der Waals surface area contributed by atoms with Gasteiger partial charge in [-0.15, -0.1) is 0 Å². The molecule has 0 aromatic heterocycles. The summed E-state index contributed by atoms with van der Waals surface area (Å²) in [6, 6.07) is 0. The van der Waals surface area contributed by atoms with Crippen LogP contribution in [0.5, 0.6) is 0 Å². The van der Waals surface area contributed by atoms with Gasteiger partial charge in [-0.1, -0.05) is 32.6 Å². The monoisotopic (exact) mass is 325 g/mol. The quantitative estimate of drug-likeness (QED) is 0.785. The Morgan fingerprint density at radius 1 is 1.26 bits per heavy atom. The number of hydrogen-bond donors (Lipinski definition) is 2.